The summed E-state index contributed by atoms with van der Waals surface area (Å²) in [6.07, 6.45) is 3.17. The number of hydrogen-bond acceptors (Lipinski definition) is 5. The second-order valence-corrected chi connectivity index (χ2v) is 5.55. The van der Waals surface area contributed by atoms with E-state index in [2.05, 4.69) is 34.2 Å². The second-order valence-electron chi connectivity index (χ2n) is 5.55. The average molecular weight is 263 g/mol. The Labute approximate surface area is 115 Å². The molecular formula is C14H25N5. The quantitative estimate of drug-likeness (QED) is 0.846. The largest absolute Gasteiger partial charge is 0.383 e. The van der Waals surface area contributed by atoms with Crippen LogP contribution in [0.3, 0.4) is 0 Å². The summed E-state index contributed by atoms with van der Waals surface area (Å²) in [6, 6.07) is 0. The molecule has 1 atom stereocenters. The summed E-state index contributed by atoms with van der Waals surface area (Å²) in [4.78, 5) is 11.3. The fourth-order valence-electron chi connectivity index (χ4n) is 2.52. The topological polar surface area (TPSA) is 67.1 Å². The molecule has 5 nitrogen and oxygen atoms in total. The van der Waals surface area contributed by atoms with Crippen LogP contribution in [-0.4, -0.2) is 41.5 Å². The first-order valence-electron chi connectivity index (χ1n) is 7.15. The first kappa shape index (κ1) is 14.1. The van der Waals surface area contributed by atoms with E-state index < -0.39 is 0 Å². The van der Waals surface area contributed by atoms with Crippen LogP contribution in [0.15, 0.2) is 0 Å². The lowest BCUT2D eigenvalue weighted by Gasteiger charge is -2.15. The first-order chi connectivity index (χ1) is 9.10. The molecule has 2 rings (SSSR count). The minimum Gasteiger partial charge on any atom is -0.383 e. The van der Waals surface area contributed by atoms with Crippen molar-refractivity contribution in [2.75, 3.05) is 37.7 Å². The maximum atomic E-state index is 5.96. The molecule has 1 saturated heterocycles. The molecule has 19 heavy (non-hydrogen) atoms. The molecule has 0 radical (unpaired) electrons. The fraction of sp³-hybridized carbons (Fsp3) is 0.714. The average Bonchev–Trinajstić information content (AvgIpc) is 2.78. The Kier molecular flexibility index (Phi) is 4.58. The summed E-state index contributed by atoms with van der Waals surface area (Å²) in [5, 5.41) is 3.46. The lowest BCUT2D eigenvalue weighted by molar-refractivity contribution is 0.399. The van der Waals surface area contributed by atoms with Crippen LogP contribution in [0.2, 0.25) is 0 Å². The third-order valence-corrected chi connectivity index (χ3v) is 3.75. The predicted octanol–water partition coefficient (Wildman–Crippen LogP) is 1.68. The Morgan fingerprint density at radius 3 is 2.84 bits per heavy atom. The van der Waals surface area contributed by atoms with Gasteiger partial charge in [-0.2, -0.15) is 0 Å². The SMILES string of the molecule is CCCc1nc(N)c(C)c(NCC2CCN(C)C2)n1. The summed E-state index contributed by atoms with van der Waals surface area (Å²) in [7, 11) is 2.17. The molecule has 0 spiro atoms. The Balaban J connectivity index is 2.02. The van der Waals surface area contributed by atoms with Crippen molar-refractivity contribution in [3.8, 4) is 0 Å². The first-order valence-corrected chi connectivity index (χ1v) is 7.15. The summed E-state index contributed by atoms with van der Waals surface area (Å²) in [5.74, 6) is 3.06. The van der Waals surface area contributed by atoms with E-state index in [1.807, 2.05) is 6.92 Å². The van der Waals surface area contributed by atoms with Gasteiger partial charge in [0, 0.05) is 25.1 Å². The zero-order chi connectivity index (χ0) is 13.8. The van der Waals surface area contributed by atoms with Crippen molar-refractivity contribution >= 4 is 11.6 Å². The lowest BCUT2D eigenvalue weighted by Crippen LogP contribution is -2.20. The Bertz CT molecular complexity index is 432. The highest BCUT2D eigenvalue weighted by Crippen LogP contribution is 2.20. The molecule has 1 aromatic heterocycles. The van der Waals surface area contributed by atoms with Gasteiger partial charge in [0.25, 0.3) is 0 Å². The highest BCUT2D eigenvalue weighted by molar-refractivity contribution is 5.54. The number of rotatable bonds is 5. The number of aryl methyl sites for hydroxylation is 1. The molecule has 1 aliphatic heterocycles. The molecule has 0 bridgehead atoms. The Hall–Kier alpha value is -1.36. The molecule has 2 heterocycles. The molecule has 1 unspecified atom stereocenters. The summed E-state index contributed by atoms with van der Waals surface area (Å²) in [5.41, 5.74) is 6.92. The standard InChI is InChI=1S/C14H25N5/c1-4-5-12-17-13(15)10(2)14(18-12)16-8-11-6-7-19(3)9-11/h11H,4-9H2,1-3H3,(H3,15,16,17,18). The second kappa shape index (κ2) is 6.19. The van der Waals surface area contributed by atoms with Crippen LogP contribution < -0.4 is 11.1 Å². The smallest absolute Gasteiger partial charge is 0.134 e. The van der Waals surface area contributed by atoms with Crippen molar-refractivity contribution in [2.45, 2.75) is 33.1 Å². The number of anilines is 2. The van der Waals surface area contributed by atoms with Crippen molar-refractivity contribution in [2.24, 2.45) is 5.92 Å². The molecule has 0 amide bonds. The zero-order valence-electron chi connectivity index (χ0n) is 12.2. The van der Waals surface area contributed by atoms with Gasteiger partial charge in [0.2, 0.25) is 0 Å². The predicted molar refractivity (Wildman–Crippen MR) is 79.3 cm³/mol. The molecule has 3 N–H and O–H groups in total. The van der Waals surface area contributed by atoms with Crippen LogP contribution in [0.5, 0.6) is 0 Å². The van der Waals surface area contributed by atoms with Gasteiger partial charge in [-0.3, -0.25) is 0 Å². The van der Waals surface area contributed by atoms with E-state index in [-0.39, 0.29) is 0 Å². The van der Waals surface area contributed by atoms with Gasteiger partial charge < -0.3 is 16.0 Å². The lowest BCUT2D eigenvalue weighted by atomic mass is 10.1. The maximum Gasteiger partial charge on any atom is 0.134 e. The van der Waals surface area contributed by atoms with Crippen LogP contribution >= 0.6 is 0 Å². The number of nitrogens with one attached hydrogen (secondary N) is 1. The van der Waals surface area contributed by atoms with Crippen molar-refractivity contribution in [1.29, 1.82) is 0 Å². The minimum absolute atomic E-state index is 0.601. The number of nitrogens with two attached hydrogens (primary N) is 1. The van der Waals surface area contributed by atoms with E-state index in [4.69, 9.17) is 5.73 Å². The number of hydrogen-bond donors (Lipinski definition) is 2. The van der Waals surface area contributed by atoms with Crippen LogP contribution in [-0.2, 0) is 6.42 Å². The maximum absolute atomic E-state index is 5.96. The van der Waals surface area contributed by atoms with E-state index in [9.17, 15) is 0 Å². The number of nitrogens with zero attached hydrogens (tertiary/aromatic N) is 3. The molecule has 0 aliphatic carbocycles. The third kappa shape index (κ3) is 3.56. The highest BCUT2D eigenvalue weighted by Gasteiger charge is 2.19. The number of likely N-dealkylation sites (tertiary alicyclic amines) is 1. The van der Waals surface area contributed by atoms with E-state index >= 15 is 0 Å². The van der Waals surface area contributed by atoms with Gasteiger partial charge in [0.1, 0.15) is 17.5 Å². The molecular weight excluding hydrogens is 238 g/mol. The Morgan fingerprint density at radius 1 is 1.42 bits per heavy atom. The molecule has 0 saturated carbocycles. The van der Waals surface area contributed by atoms with Crippen LogP contribution in [0.1, 0.15) is 31.2 Å². The molecule has 1 aromatic rings. The number of nitrogen functional groups attached to an aromatic ring is 1. The van der Waals surface area contributed by atoms with Gasteiger partial charge in [0.15, 0.2) is 0 Å². The molecule has 1 aliphatic rings. The van der Waals surface area contributed by atoms with Gasteiger partial charge in [-0.25, -0.2) is 9.97 Å². The van der Waals surface area contributed by atoms with Crippen LogP contribution in [0, 0.1) is 12.8 Å². The van der Waals surface area contributed by atoms with E-state index in [1.54, 1.807) is 0 Å². The van der Waals surface area contributed by atoms with Gasteiger partial charge >= 0.3 is 0 Å². The third-order valence-electron chi connectivity index (χ3n) is 3.75. The molecule has 0 aromatic carbocycles. The molecule has 106 valence electrons. The molecule has 5 heteroatoms. The van der Waals surface area contributed by atoms with E-state index in [1.165, 1.54) is 13.0 Å². The van der Waals surface area contributed by atoms with Gasteiger partial charge in [-0.05, 0) is 39.3 Å². The molecule has 1 fully saturated rings. The summed E-state index contributed by atoms with van der Waals surface area (Å²) >= 11 is 0. The van der Waals surface area contributed by atoms with Crippen molar-refractivity contribution < 1.29 is 0 Å². The minimum atomic E-state index is 0.601. The van der Waals surface area contributed by atoms with E-state index in [0.717, 1.165) is 43.1 Å². The van der Waals surface area contributed by atoms with Crippen molar-refractivity contribution in [3.63, 3.8) is 0 Å². The summed E-state index contributed by atoms with van der Waals surface area (Å²) in [6.45, 7) is 7.43. The van der Waals surface area contributed by atoms with Crippen molar-refractivity contribution in [3.05, 3.63) is 11.4 Å². The number of aromatic nitrogens is 2. The van der Waals surface area contributed by atoms with Gasteiger partial charge in [-0.15, -0.1) is 0 Å². The normalized spacial score (nSPS) is 19.8. The summed E-state index contributed by atoms with van der Waals surface area (Å²) < 4.78 is 0. The van der Waals surface area contributed by atoms with Crippen LogP contribution in [0.4, 0.5) is 11.6 Å². The van der Waals surface area contributed by atoms with Gasteiger partial charge in [0.05, 0.1) is 0 Å². The van der Waals surface area contributed by atoms with Crippen LogP contribution in [0.25, 0.3) is 0 Å². The Morgan fingerprint density at radius 2 is 2.21 bits per heavy atom. The highest BCUT2D eigenvalue weighted by atomic mass is 15.1. The van der Waals surface area contributed by atoms with E-state index in [0.29, 0.717) is 11.7 Å². The monoisotopic (exact) mass is 263 g/mol. The zero-order valence-corrected chi connectivity index (χ0v) is 12.2. The van der Waals surface area contributed by atoms with Gasteiger partial charge in [-0.1, -0.05) is 6.92 Å². The van der Waals surface area contributed by atoms with Crippen molar-refractivity contribution in [1.82, 2.24) is 14.9 Å². The fourth-order valence-corrected chi connectivity index (χ4v) is 2.52.